The Morgan fingerprint density at radius 1 is 1.16 bits per heavy atom. The smallest absolute Gasteiger partial charge is 0.224 e. The van der Waals surface area contributed by atoms with Crippen LogP contribution < -0.4 is 15.4 Å². The molecule has 0 spiro atoms. The van der Waals surface area contributed by atoms with E-state index in [2.05, 4.69) is 10.6 Å². The van der Waals surface area contributed by atoms with Gasteiger partial charge in [0.15, 0.2) is 0 Å². The maximum Gasteiger partial charge on any atom is 0.224 e. The van der Waals surface area contributed by atoms with Crippen molar-refractivity contribution < 1.29 is 9.53 Å². The maximum atomic E-state index is 11.9. The first-order valence-corrected chi connectivity index (χ1v) is 8.80. The predicted molar refractivity (Wildman–Crippen MR) is 105 cm³/mol. The number of methoxy groups -OCH3 is 1. The van der Waals surface area contributed by atoms with Crippen LogP contribution in [0.25, 0.3) is 0 Å². The summed E-state index contributed by atoms with van der Waals surface area (Å²) < 4.78 is 5.35. The molecular formula is C19H22Cl2N2O2. The summed E-state index contributed by atoms with van der Waals surface area (Å²) in [6.07, 6.45) is 0.496. The van der Waals surface area contributed by atoms with Crippen LogP contribution >= 0.6 is 23.2 Å². The van der Waals surface area contributed by atoms with Crippen LogP contribution in [0.5, 0.6) is 5.75 Å². The number of nitrogens with one attached hydrogen (secondary N) is 2. The molecule has 0 atom stereocenters. The van der Waals surface area contributed by atoms with Gasteiger partial charge in [-0.05, 0) is 36.2 Å². The Hall–Kier alpha value is -1.91. The van der Waals surface area contributed by atoms with Gasteiger partial charge >= 0.3 is 0 Å². The number of carbonyl (C=O) groups is 1. The Morgan fingerprint density at radius 3 is 2.56 bits per heavy atom. The lowest BCUT2D eigenvalue weighted by Gasteiger charge is -2.14. The SMILES string of the molecule is COc1c(Cl)cc(Cl)cc1CNc1cccc(NC(=O)CC(C)C)c1. The monoisotopic (exact) mass is 380 g/mol. The molecule has 1 amide bonds. The molecule has 2 aromatic carbocycles. The normalized spacial score (nSPS) is 10.6. The molecule has 134 valence electrons. The Labute approximate surface area is 158 Å². The summed E-state index contributed by atoms with van der Waals surface area (Å²) in [5.74, 6) is 0.928. The van der Waals surface area contributed by atoms with Gasteiger partial charge in [-0.3, -0.25) is 4.79 Å². The van der Waals surface area contributed by atoms with Gasteiger partial charge in [-0.15, -0.1) is 0 Å². The van der Waals surface area contributed by atoms with E-state index in [4.69, 9.17) is 27.9 Å². The van der Waals surface area contributed by atoms with E-state index in [1.54, 1.807) is 13.2 Å². The molecule has 0 unspecified atom stereocenters. The van der Waals surface area contributed by atoms with Gasteiger partial charge in [-0.1, -0.05) is 43.1 Å². The lowest BCUT2D eigenvalue weighted by atomic mass is 10.1. The van der Waals surface area contributed by atoms with Crippen LogP contribution in [0.3, 0.4) is 0 Å². The van der Waals surface area contributed by atoms with Crippen molar-refractivity contribution in [1.29, 1.82) is 0 Å². The first-order valence-electron chi connectivity index (χ1n) is 8.04. The second-order valence-corrected chi connectivity index (χ2v) is 7.00. The fraction of sp³-hybridized carbons (Fsp3) is 0.316. The van der Waals surface area contributed by atoms with Crippen molar-refractivity contribution in [2.24, 2.45) is 5.92 Å². The van der Waals surface area contributed by atoms with Crippen LogP contribution in [-0.2, 0) is 11.3 Å². The van der Waals surface area contributed by atoms with E-state index in [1.807, 2.05) is 44.2 Å². The Bertz CT molecular complexity index is 748. The van der Waals surface area contributed by atoms with Gasteiger partial charge in [0.2, 0.25) is 5.91 Å². The summed E-state index contributed by atoms with van der Waals surface area (Å²) in [7, 11) is 1.57. The van der Waals surface area contributed by atoms with E-state index in [0.29, 0.717) is 34.7 Å². The molecule has 2 rings (SSSR count). The van der Waals surface area contributed by atoms with E-state index in [9.17, 15) is 4.79 Å². The number of rotatable bonds is 7. The minimum Gasteiger partial charge on any atom is -0.495 e. The van der Waals surface area contributed by atoms with E-state index in [0.717, 1.165) is 16.9 Å². The third-order valence-corrected chi connectivity index (χ3v) is 4.01. The standard InChI is InChI=1S/C19H22Cl2N2O2/c1-12(2)7-18(24)23-16-6-4-5-15(10-16)22-11-13-8-14(20)9-17(21)19(13)25-3/h4-6,8-10,12,22H,7,11H2,1-3H3,(H,23,24). The van der Waals surface area contributed by atoms with Crippen LogP contribution in [0.15, 0.2) is 36.4 Å². The van der Waals surface area contributed by atoms with Gasteiger partial charge in [0, 0.05) is 34.9 Å². The molecule has 0 aromatic heterocycles. The van der Waals surface area contributed by atoms with Crippen molar-refractivity contribution in [3.63, 3.8) is 0 Å². The van der Waals surface area contributed by atoms with E-state index < -0.39 is 0 Å². The first kappa shape index (κ1) is 19.4. The number of ether oxygens (including phenoxy) is 1. The molecule has 25 heavy (non-hydrogen) atoms. The highest BCUT2D eigenvalue weighted by Gasteiger charge is 2.10. The van der Waals surface area contributed by atoms with Crippen LogP contribution in [0.4, 0.5) is 11.4 Å². The molecule has 0 aliphatic rings. The topological polar surface area (TPSA) is 50.4 Å². The van der Waals surface area contributed by atoms with E-state index >= 15 is 0 Å². The zero-order valence-corrected chi connectivity index (χ0v) is 16.0. The summed E-state index contributed by atoms with van der Waals surface area (Å²) in [6.45, 7) is 4.52. The van der Waals surface area contributed by atoms with Crippen molar-refractivity contribution >= 4 is 40.5 Å². The highest BCUT2D eigenvalue weighted by atomic mass is 35.5. The molecule has 0 heterocycles. The van der Waals surface area contributed by atoms with Crippen molar-refractivity contribution in [2.75, 3.05) is 17.7 Å². The Kier molecular flexibility index (Phi) is 6.97. The molecule has 4 nitrogen and oxygen atoms in total. The molecule has 0 fully saturated rings. The average Bonchev–Trinajstić information content (AvgIpc) is 2.52. The second kappa shape index (κ2) is 8.97. The lowest BCUT2D eigenvalue weighted by Crippen LogP contribution is -2.14. The number of hydrogen-bond acceptors (Lipinski definition) is 3. The third-order valence-electron chi connectivity index (χ3n) is 3.51. The fourth-order valence-electron chi connectivity index (χ4n) is 2.46. The summed E-state index contributed by atoms with van der Waals surface area (Å²) >= 11 is 12.2. The van der Waals surface area contributed by atoms with Gasteiger partial charge in [0.1, 0.15) is 5.75 Å². The molecule has 0 saturated carbocycles. The summed E-state index contributed by atoms with van der Waals surface area (Å²) in [5, 5.41) is 7.23. The minimum atomic E-state index is 0.00967. The van der Waals surface area contributed by atoms with Gasteiger partial charge in [0.25, 0.3) is 0 Å². The molecular weight excluding hydrogens is 359 g/mol. The quantitative estimate of drug-likeness (QED) is 0.657. The predicted octanol–water partition coefficient (Wildman–Crippen LogP) is 5.60. The van der Waals surface area contributed by atoms with Crippen molar-refractivity contribution in [3.05, 3.63) is 52.0 Å². The number of hydrogen-bond donors (Lipinski definition) is 2. The number of anilines is 2. The molecule has 6 heteroatoms. The summed E-state index contributed by atoms with van der Waals surface area (Å²) in [6, 6.07) is 11.0. The summed E-state index contributed by atoms with van der Waals surface area (Å²) in [5.41, 5.74) is 2.49. The number of benzene rings is 2. The molecule has 2 N–H and O–H groups in total. The summed E-state index contributed by atoms with van der Waals surface area (Å²) in [4.78, 5) is 11.9. The molecule has 2 aromatic rings. The largest absolute Gasteiger partial charge is 0.495 e. The minimum absolute atomic E-state index is 0.00967. The van der Waals surface area contributed by atoms with Gasteiger partial charge in [-0.2, -0.15) is 0 Å². The van der Waals surface area contributed by atoms with Crippen molar-refractivity contribution in [3.8, 4) is 5.75 Å². The van der Waals surface area contributed by atoms with Gasteiger partial charge in [-0.25, -0.2) is 0 Å². The maximum absolute atomic E-state index is 11.9. The first-order chi connectivity index (χ1) is 11.9. The van der Waals surface area contributed by atoms with Crippen LogP contribution in [0.2, 0.25) is 10.0 Å². The van der Waals surface area contributed by atoms with Crippen molar-refractivity contribution in [1.82, 2.24) is 0 Å². The highest BCUT2D eigenvalue weighted by Crippen LogP contribution is 2.32. The van der Waals surface area contributed by atoms with Crippen LogP contribution in [0.1, 0.15) is 25.8 Å². The van der Waals surface area contributed by atoms with Gasteiger partial charge in [0.05, 0.1) is 12.1 Å². The van der Waals surface area contributed by atoms with Crippen LogP contribution in [-0.4, -0.2) is 13.0 Å². The molecule has 0 radical (unpaired) electrons. The average molecular weight is 381 g/mol. The Balaban J connectivity index is 2.07. The molecule has 0 saturated heterocycles. The molecule has 0 aliphatic carbocycles. The number of carbonyl (C=O) groups excluding carboxylic acids is 1. The van der Waals surface area contributed by atoms with Crippen molar-refractivity contribution in [2.45, 2.75) is 26.8 Å². The number of halogens is 2. The lowest BCUT2D eigenvalue weighted by molar-refractivity contribution is -0.116. The van der Waals surface area contributed by atoms with Gasteiger partial charge < -0.3 is 15.4 Å². The number of amides is 1. The third kappa shape index (κ3) is 5.83. The highest BCUT2D eigenvalue weighted by molar-refractivity contribution is 6.35. The molecule has 0 aliphatic heterocycles. The zero-order valence-electron chi connectivity index (χ0n) is 14.5. The van der Waals surface area contributed by atoms with Crippen LogP contribution in [0, 0.1) is 5.92 Å². The fourth-order valence-corrected chi connectivity index (χ4v) is 3.07. The molecule has 0 bridgehead atoms. The van der Waals surface area contributed by atoms with E-state index in [1.165, 1.54) is 0 Å². The zero-order chi connectivity index (χ0) is 18.4. The van der Waals surface area contributed by atoms with E-state index in [-0.39, 0.29) is 5.91 Å². The second-order valence-electron chi connectivity index (χ2n) is 6.16. The Morgan fingerprint density at radius 2 is 1.88 bits per heavy atom.